The van der Waals surface area contributed by atoms with E-state index in [0.717, 1.165) is 0 Å². The fourth-order valence-corrected chi connectivity index (χ4v) is 1.84. The third kappa shape index (κ3) is 4.38. The Morgan fingerprint density at radius 1 is 1.50 bits per heavy atom. The molecule has 1 N–H and O–H groups in total. The Bertz CT molecular complexity index is 435. The quantitative estimate of drug-likeness (QED) is 0.906. The number of halogens is 2. The molecule has 1 aromatic carbocycles. The normalized spacial score (nSPS) is 11.4. The van der Waals surface area contributed by atoms with E-state index in [1.54, 1.807) is 6.07 Å². The largest absolute Gasteiger partial charge is 0.374 e. The van der Waals surface area contributed by atoms with E-state index in [0.29, 0.717) is 17.6 Å². The second-order valence-electron chi connectivity index (χ2n) is 4.50. The molecule has 0 aliphatic rings. The highest BCUT2D eigenvalue weighted by Gasteiger charge is 2.20. The highest BCUT2D eigenvalue weighted by Crippen LogP contribution is 2.15. The Morgan fingerprint density at radius 2 is 2.17 bits per heavy atom. The topological polar surface area (TPSA) is 38.3 Å². The third-order valence-electron chi connectivity index (χ3n) is 2.39. The molecule has 0 aromatic heterocycles. The van der Waals surface area contributed by atoms with Gasteiger partial charge in [0.2, 0.25) is 0 Å². The van der Waals surface area contributed by atoms with Crippen LogP contribution in [0.1, 0.15) is 31.1 Å². The molecule has 1 rings (SSSR count). The van der Waals surface area contributed by atoms with Gasteiger partial charge in [-0.15, -0.1) is 0 Å². The zero-order chi connectivity index (χ0) is 13.8. The number of amides is 1. The van der Waals surface area contributed by atoms with Crippen LogP contribution >= 0.6 is 15.9 Å². The van der Waals surface area contributed by atoms with Gasteiger partial charge >= 0.3 is 0 Å². The van der Waals surface area contributed by atoms with Gasteiger partial charge in [-0.25, -0.2) is 4.39 Å². The molecular weight excluding hydrogens is 301 g/mol. The predicted molar refractivity (Wildman–Crippen MR) is 72.1 cm³/mol. The summed E-state index contributed by atoms with van der Waals surface area (Å²) in [5, 5.41) is 2.67. The SMILES string of the molecule is CCOC(C)(C)CNC(=O)c1ccc(Br)cc1F. The van der Waals surface area contributed by atoms with Gasteiger partial charge < -0.3 is 10.1 Å². The van der Waals surface area contributed by atoms with Gasteiger partial charge in [-0.2, -0.15) is 0 Å². The highest BCUT2D eigenvalue weighted by molar-refractivity contribution is 9.10. The Labute approximate surface area is 115 Å². The van der Waals surface area contributed by atoms with E-state index in [-0.39, 0.29) is 5.56 Å². The van der Waals surface area contributed by atoms with Crippen molar-refractivity contribution in [3.63, 3.8) is 0 Å². The lowest BCUT2D eigenvalue weighted by atomic mass is 10.1. The fraction of sp³-hybridized carbons (Fsp3) is 0.462. The third-order valence-corrected chi connectivity index (χ3v) is 2.88. The second-order valence-corrected chi connectivity index (χ2v) is 5.42. The van der Waals surface area contributed by atoms with E-state index >= 15 is 0 Å². The van der Waals surface area contributed by atoms with Gasteiger partial charge in [0, 0.05) is 17.6 Å². The average Bonchev–Trinajstić information content (AvgIpc) is 2.26. The van der Waals surface area contributed by atoms with E-state index in [9.17, 15) is 9.18 Å². The molecule has 0 atom stereocenters. The van der Waals surface area contributed by atoms with Crippen LogP contribution in [-0.4, -0.2) is 24.7 Å². The van der Waals surface area contributed by atoms with Crippen molar-refractivity contribution in [3.05, 3.63) is 34.1 Å². The van der Waals surface area contributed by atoms with Crippen molar-refractivity contribution in [2.45, 2.75) is 26.4 Å². The van der Waals surface area contributed by atoms with Crippen molar-refractivity contribution in [1.29, 1.82) is 0 Å². The van der Waals surface area contributed by atoms with E-state index < -0.39 is 17.3 Å². The number of carbonyl (C=O) groups excluding carboxylic acids is 1. The lowest BCUT2D eigenvalue weighted by Crippen LogP contribution is -2.40. The Hall–Kier alpha value is -0.940. The molecule has 1 amide bonds. The second kappa shape index (κ2) is 6.29. The average molecular weight is 318 g/mol. The van der Waals surface area contributed by atoms with Gasteiger partial charge in [0.1, 0.15) is 5.82 Å². The summed E-state index contributed by atoms with van der Waals surface area (Å²) < 4.78 is 19.6. The minimum Gasteiger partial charge on any atom is -0.374 e. The first-order valence-corrected chi connectivity index (χ1v) is 6.52. The first kappa shape index (κ1) is 15.1. The van der Waals surface area contributed by atoms with Crippen molar-refractivity contribution in [2.75, 3.05) is 13.2 Å². The van der Waals surface area contributed by atoms with E-state index in [2.05, 4.69) is 21.2 Å². The summed E-state index contributed by atoms with van der Waals surface area (Å²) in [5.41, 5.74) is -0.429. The van der Waals surface area contributed by atoms with Crippen molar-refractivity contribution in [2.24, 2.45) is 0 Å². The Kier molecular flexibility index (Phi) is 5.28. The van der Waals surface area contributed by atoms with E-state index in [1.807, 2.05) is 20.8 Å². The van der Waals surface area contributed by atoms with Crippen LogP contribution in [0.2, 0.25) is 0 Å². The summed E-state index contributed by atoms with van der Waals surface area (Å²) in [5.74, 6) is -0.983. The zero-order valence-electron chi connectivity index (χ0n) is 10.7. The molecule has 0 bridgehead atoms. The maximum absolute atomic E-state index is 13.5. The molecule has 0 heterocycles. The molecule has 0 spiro atoms. The van der Waals surface area contributed by atoms with Crippen molar-refractivity contribution < 1.29 is 13.9 Å². The Balaban J connectivity index is 2.66. The molecule has 100 valence electrons. The molecular formula is C13H17BrFNO2. The molecule has 1 aromatic rings. The minimum atomic E-state index is -0.545. The number of carbonyl (C=O) groups is 1. The summed E-state index contributed by atoms with van der Waals surface area (Å²) in [6.45, 7) is 6.52. The van der Waals surface area contributed by atoms with Gasteiger partial charge in [0.05, 0.1) is 11.2 Å². The van der Waals surface area contributed by atoms with Crippen LogP contribution < -0.4 is 5.32 Å². The molecule has 0 unspecified atom stereocenters. The number of hydrogen-bond donors (Lipinski definition) is 1. The van der Waals surface area contributed by atoms with E-state index in [4.69, 9.17) is 4.74 Å². The molecule has 0 aliphatic carbocycles. The molecule has 18 heavy (non-hydrogen) atoms. The van der Waals surface area contributed by atoms with Crippen molar-refractivity contribution in [1.82, 2.24) is 5.32 Å². The molecule has 3 nitrogen and oxygen atoms in total. The van der Waals surface area contributed by atoms with Crippen LogP contribution in [0.3, 0.4) is 0 Å². The predicted octanol–water partition coefficient (Wildman–Crippen LogP) is 3.13. The molecule has 0 saturated carbocycles. The number of hydrogen-bond acceptors (Lipinski definition) is 2. The zero-order valence-corrected chi connectivity index (χ0v) is 12.3. The summed E-state index contributed by atoms with van der Waals surface area (Å²) in [6.07, 6.45) is 0. The standard InChI is InChI=1S/C13H17BrFNO2/c1-4-18-13(2,3)8-16-12(17)10-6-5-9(14)7-11(10)15/h5-7H,4,8H2,1-3H3,(H,16,17). The van der Waals surface area contributed by atoms with Crippen molar-refractivity contribution in [3.8, 4) is 0 Å². The van der Waals surface area contributed by atoms with Gasteiger partial charge in [-0.1, -0.05) is 15.9 Å². The maximum atomic E-state index is 13.5. The lowest BCUT2D eigenvalue weighted by molar-refractivity contribution is -0.00818. The van der Waals surface area contributed by atoms with Crippen LogP contribution in [-0.2, 0) is 4.74 Å². The number of rotatable bonds is 5. The van der Waals surface area contributed by atoms with Crippen LogP contribution in [0.15, 0.2) is 22.7 Å². The van der Waals surface area contributed by atoms with Crippen molar-refractivity contribution >= 4 is 21.8 Å². The molecule has 0 aliphatic heterocycles. The molecule has 0 radical (unpaired) electrons. The summed E-state index contributed by atoms with van der Waals surface area (Å²) in [6, 6.07) is 4.34. The fourth-order valence-electron chi connectivity index (χ4n) is 1.50. The number of ether oxygens (including phenoxy) is 1. The van der Waals surface area contributed by atoms with Gasteiger partial charge in [0.15, 0.2) is 0 Å². The highest BCUT2D eigenvalue weighted by atomic mass is 79.9. The maximum Gasteiger partial charge on any atom is 0.254 e. The van der Waals surface area contributed by atoms with Crippen LogP contribution in [0, 0.1) is 5.82 Å². The van der Waals surface area contributed by atoms with Gasteiger partial charge in [0.25, 0.3) is 5.91 Å². The summed E-state index contributed by atoms with van der Waals surface area (Å²) >= 11 is 3.14. The van der Waals surface area contributed by atoms with Gasteiger partial charge in [-0.05, 0) is 39.0 Å². The lowest BCUT2D eigenvalue weighted by Gasteiger charge is -2.24. The Morgan fingerprint density at radius 3 is 2.72 bits per heavy atom. The van der Waals surface area contributed by atoms with Crippen LogP contribution in [0.4, 0.5) is 4.39 Å². The van der Waals surface area contributed by atoms with Crippen LogP contribution in [0.25, 0.3) is 0 Å². The minimum absolute atomic E-state index is 0.0329. The number of nitrogens with one attached hydrogen (secondary N) is 1. The molecule has 0 saturated heterocycles. The van der Waals surface area contributed by atoms with E-state index in [1.165, 1.54) is 12.1 Å². The summed E-state index contributed by atoms with van der Waals surface area (Å²) in [4.78, 5) is 11.8. The first-order chi connectivity index (χ1) is 8.35. The monoisotopic (exact) mass is 317 g/mol. The van der Waals surface area contributed by atoms with Crippen LogP contribution in [0.5, 0.6) is 0 Å². The molecule has 0 fully saturated rings. The van der Waals surface area contributed by atoms with Gasteiger partial charge in [-0.3, -0.25) is 4.79 Å². The first-order valence-electron chi connectivity index (χ1n) is 5.73. The summed E-state index contributed by atoms with van der Waals surface area (Å²) in [7, 11) is 0. The molecule has 5 heteroatoms. The number of benzene rings is 1. The smallest absolute Gasteiger partial charge is 0.254 e.